The molecular formula is C12H8F3N3O. The number of hydrogen-bond donors (Lipinski definition) is 2. The van der Waals surface area contributed by atoms with Crippen LogP contribution in [-0.4, -0.2) is 10.9 Å². The predicted molar refractivity (Wildman–Crippen MR) is 62.9 cm³/mol. The van der Waals surface area contributed by atoms with Gasteiger partial charge in [-0.2, -0.15) is 0 Å². The molecule has 4 nitrogen and oxygen atoms in total. The number of hydrogen-bond acceptors (Lipinski definition) is 3. The van der Waals surface area contributed by atoms with E-state index >= 15 is 0 Å². The fourth-order valence-electron chi connectivity index (χ4n) is 1.41. The lowest BCUT2D eigenvalue weighted by atomic mass is 10.2. The van der Waals surface area contributed by atoms with Gasteiger partial charge in [-0.05, 0) is 12.1 Å². The van der Waals surface area contributed by atoms with Gasteiger partial charge in [0.1, 0.15) is 17.3 Å². The Morgan fingerprint density at radius 3 is 2.63 bits per heavy atom. The van der Waals surface area contributed by atoms with Gasteiger partial charge in [0.2, 0.25) is 0 Å². The Balaban J connectivity index is 2.29. The first-order chi connectivity index (χ1) is 8.97. The smallest absolute Gasteiger partial charge is 0.274 e. The summed E-state index contributed by atoms with van der Waals surface area (Å²) in [6, 6.07) is 5.31. The molecule has 2 rings (SSSR count). The van der Waals surface area contributed by atoms with E-state index in [9.17, 15) is 18.0 Å². The summed E-state index contributed by atoms with van der Waals surface area (Å²) in [4.78, 5) is 15.4. The van der Waals surface area contributed by atoms with Crippen molar-refractivity contribution in [1.82, 2.24) is 4.98 Å². The molecule has 0 saturated heterocycles. The third-order valence-electron chi connectivity index (χ3n) is 2.24. The lowest BCUT2D eigenvalue weighted by Gasteiger charge is -2.07. The zero-order valence-corrected chi connectivity index (χ0v) is 9.45. The first-order valence-corrected chi connectivity index (χ1v) is 5.16. The lowest BCUT2D eigenvalue weighted by molar-refractivity contribution is 0.102. The van der Waals surface area contributed by atoms with Crippen molar-refractivity contribution in [3.63, 3.8) is 0 Å². The van der Waals surface area contributed by atoms with E-state index in [2.05, 4.69) is 4.98 Å². The maximum atomic E-state index is 13.3. The molecule has 1 heterocycles. The summed E-state index contributed by atoms with van der Waals surface area (Å²) in [5.41, 5.74) is 4.68. The van der Waals surface area contributed by atoms with Gasteiger partial charge in [0.15, 0.2) is 11.6 Å². The van der Waals surface area contributed by atoms with Crippen LogP contribution < -0.4 is 11.1 Å². The molecule has 0 bridgehead atoms. The first-order valence-electron chi connectivity index (χ1n) is 5.16. The van der Waals surface area contributed by atoms with Gasteiger partial charge in [0, 0.05) is 12.1 Å². The fraction of sp³-hybridized carbons (Fsp3) is 0. The number of anilines is 2. The number of nitrogens with one attached hydrogen (secondary N) is 1. The number of halogens is 3. The van der Waals surface area contributed by atoms with Gasteiger partial charge in [-0.15, -0.1) is 0 Å². The van der Waals surface area contributed by atoms with E-state index in [1.165, 1.54) is 18.2 Å². The number of benzene rings is 1. The van der Waals surface area contributed by atoms with Crippen molar-refractivity contribution in [2.75, 3.05) is 11.1 Å². The molecular weight excluding hydrogens is 259 g/mol. The third-order valence-corrected chi connectivity index (χ3v) is 2.24. The number of nitrogen functional groups attached to an aromatic ring is 1. The number of amides is 1. The molecule has 19 heavy (non-hydrogen) atoms. The Morgan fingerprint density at radius 1 is 1.21 bits per heavy atom. The van der Waals surface area contributed by atoms with E-state index < -0.39 is 29.0 Å². The molecule has 1 aromatic carbocycles. The van der Waals surface area contributed by atoms with Crippen molar-refractivity contribution in [3.8, 4) is 0 Å². The number of pyridine rings is 1. The molecule has 0 radical (unpaired) electrons. The SMILES string of the molecule is Nc1cccc(C(=O)Nc2cc(F)cc(F)c2F)n1. The Hall–Kier alpha value is -2.57. The van der Waals surface area contributed by atoms with Crippen molar-refractivity contribution >= 4 is 17.4 Å². The summed E-state index contributed by atoms with van der Waals surface area (Å²) in [6.07, 6.45) is 0. The highest BCUT2D eigenvalue weighted by atomic mass is 19.2. The molecule has 0 aliphatic rings. The van der Waals surface area contributed by atoms with Gasteiger partial charge in [0.25, 0.3) is 5.91 Å². The van der Waals surface area contributed by atoms with Gasteiger partial charge in [-0.25, -0.2) is 18.2 Å². The minimum absolute atomic E-state index is 0.0935. The number of nitrogens with two attached hydrogens (primary N) is 1. The normalized spacial score (nSPS) is 10.3. The van der Waals surface area contributed by atoms with Gasteiger partial charge >= 0.3 is 0 Å². The topological polar surface area (TPSA) is 68.0 Å². The van der Waals surface area contributed by atoms with Gasteiger partial charge in [-0.1, -0.05) is 6.07 Å². The summed E-state index contributed by atoms with van der Waals surface area (Å²) in [6.45, 7) is 0. The molecule has 0 spiro atoms. The van der Waals surface area contributed by atoms with Crippen molar-refractivity contribution in [3.05, 3.63) is 53.5 Å². The minimum atomic E-state index is -1.39. The number of carbonyl (C=O) groups excluding carboxylic acids is 1. The third kappa shape index (κ3) is 2.82. The van der Waals surface area contributed by atoms with Crippen molar-refractivity contribution in [1.29, 1.82) is 0 Å². The summed E-state index contributed by atoms with van der Waals surface area (Å²) >= 11 is 0. The second-order valence-corrected chi connectivity index (χ2v) is 3.65. The Kier molecular flexibility index (Phi) is 3.37. The predicted octanol–water partition coefficient (Wildman–Crippen LogP) is 2.33. The fourth-order valence-corrected chi connectivity index (χ4v) is 1.41. The van der Waals surface area contributed by atoms with E-state index in [1.54, 1.807) is 0 Å². The molecule has 0 atom stereocenters. The van der Waals surface area contributed by atoms with E-state index in [0.717, 1.165) is 0 Å². The van der Waals surface area contributed by atoms with Crippen molar-refractivity contribution < 1.29 is 18.0 Å². The molecule has 1 amide bonds. The van der Waals surface area contributed by atoms with Crippen LogP contribution in [0.4, 0.5) is 24.7 Å². The summed E-state index contributed by atoms with van der Waals surface area (Å²) in [7, 11) is 0. The maximum Gasteiger partial charge on any atom is 0.274 e. The monoisotopic (exact) mass is 267 g/mol. The van der Waals surface area contributed by atoms with Crippen LogP contribution in [-0.2, 0) is 0 Å². The van der Waals surface area contributed by atoms with Crippen molar-refractivity contribution in [2.45, 2.75) is 0 Å². The lowest BCUT2D eigenvalue weighted by Crippen LogP contribution is -2.15. The molecule has 2 aromatic rings. The van der Waals surface area contributed by atoms with Crippen LogP contribution in [0.15, 0.2) is 30.3 Å². The molecule has 0 fully saturated rings. The average molecular weight is 267 g/mol. The standard InChI is InChI=1S/C12H8F3N3O/c13-6-4-7(14)11(15)9(5-6)18-12(19)8-2-1-3-10(16)17-8/h1-5H,(H2,16,17)(H,18,19). The summed E-state index contributed by atoms with van der Waals surface area (Å²) in [5.74, 6) is -4.47. The zero-order valence-electron chi connectivity index (χ0n) is 9.45. The molecule has 0 unspecified atom stereocenters. The van der Waals surface area contributed by atoms with Crippen LogP contribution in [0.1, 0.15) is 10.5 Å². The number of rotatable bonds is 2. The molecule has 98 valence electrons. The molecule has 1 aromatic heterocycles. The van der Waals surface area contributed by atoms with Gasteiger partial charge in [-0.3, -0.25) is 4.79 Å². The van der Waals surface area contributed by atoms with E-state index in [0.29, 0.717) is 12.1 Å². The van der Waals surface area contributed by atoms with E-state index in [4.69, 9.17) is 5.73 Å². The molecule has 0 aliphatic heterocycles. The second kappa shape index (κ2) is 4.97. The zero-order chi connectivity index (χ0) is 14.0. The maximum absolute atomic E-state index is 13.3. The Labute approximate surface area is 106 Å². The highest BCUT2D eigenvalue weighted by molar-refractivity contribution is 6.03. The average Bonchev–Trinajstić information content (AvgIpc) is 2.35. The Bertz CT molecular complexity index is 646. The van der Waals surface area contributed by atoms with E-state index in [-0.39, 0.29) is 11.5 Å². The van der Waals surface area contributed by atoms with Crippen LogP contribution in [0, 0.1) is 17.5 Å². The second-order valence-electron chi connectivity index (χ2n) is 3.65. The van der Waals surface area contributed by atoms with Crippen LogP contribution in [0.5, 0.6) is 0 Å². The van der Waals surface area contributed by atoms with E-state index in [1.807, 2.05) is 5.32 Å². The highest BCUT2D eigenvalue weighted by Gasteiger charge is 2.15. The quantitative estimate of drug-likeness (QED) is 0.820. The largest absolute Gasteiger partial charge is 0.384 e. The van der Waals surface area contributed by atoms with Crippen LogP contribution in [0.25, 0.3) is 0 Å². The van der Waals surface area contributed by atoms with Gasteiger partial charge in [0.05, 0.1) is 5.69 Å². The number of carbonyl (C=O) groups is 1. The highest BCUT2D eigenvalue weighted by Crippen LogP contribution is 2.19. The van der Waals surface area contributed by atoms with Crippen LogP contribution >= 0.6 is 0 Å². The van der Waals surface area contributed by atoms with Gasteiger partial charge < -0.3 is 11.1 Å². The number of nitrogens with zero attached hydrogens (tertiary/aromatic N) is 1. The molecule has 7 heteroatoms. The molecule has 3 N–H and O–H groups in total. The number of aromatic nitrogens is 1. The minimum Gasteiger partial charge on any atom is -0.384 e. The summed E-state index contributed by atoms with van der Waals surface area (Å²) in [5, 5.41) is 2.02. The molecule has 0 saturated carbocycles. The van der Waals surface area contributed by atoms with Crippen LogP contribution in [0.2, 0.25) is 0 Å². The molecule has 0 aliphatic carbocycles. The first kappa shape index (κ1) is 12.9. The van der Waals surface area contributed by atoms with Crippen molar-refractivity contribution in [2.24, 2.45) is 0 Å². The van der Waals surface area contributed by atoms with Crippen LogP contribution in [0.3, 0.4) is 0 Å². The Morgan fingerprint density at radius 2 is 1.95 bits per heavy atom. The summed E-state index contributed by atoms with van der Waals surface area (Å²) < 4.78 is 39.2.